The smallest absolute Gasteiger partial charge is 0.0298 e. The minimum absolute atomic E-state index is 0.211. The van der Waals surface area contributed by atoms with Gasteiger partial charge in [0.15, 0.2) is 0 Å². The molecule has 0 spiro atoms. The first-order valence-corrected chi connectivity index (χ1v) is 5.44. The van der Waals surface area contributed by atoms with E-state index in [0.29, 0.717) is 0 Å². The average molecular weight is 184 g/mol. The molecule has 2 nitrogen and oxygen atoms in total. The first kappa shape index (κ1) is 11.0. The van der Waals surface area contributed by atoms with Crippen molar-refractivity contribution in [2.45, 2.75) is 39.2 Å². The van der Waals surface area contributed by atoms with Crippen LogP contribution in [0.5, 0.6) is 0 Å². The van der Waals surface area contributed by atoms with Crippen molar-refractivity contribution in [3.63, 3.8) is 0 Å². The molecule has 2 heteroatoms. The molecule has 0 amide bonds. The lowest BCUT2D eigenvalue weighted by Crippen LogP contribution is -2.49. The Balaban J connectivity index is 2.39. The highest BCUT2D eigenvalue weighted by Gasteiger charge is 2.36. The molecule has 1 aliphatic carbocycles. The van der Waals surface area contributed by atoms with Crippen molar-refractivity contribution in [3.05, 3.63) is 0 Å². The first-order chi connectivity index (χ1) is 6.03. The summed E-state index contributed by atoms with van der Waals surface area (Å²) >= 11 is 0. The second-order valence-electron chi connectivity index (χ2n) is 4.91. The summed E-state index contributed by atoms with van der Waals surface area (Å²) in [6.07, 6.45) is 2.55. The van der Waals surface area contributed by atoms with Gasteiger partial charge in [0.1, 0.15) is 0 Å². The fourth-order valence-electron chi connectivity index (χ4n) is 1.80. The predicted molar refractivity (Wildman–Crippen MR) is 57.7 cm³/mol. The zero-order valence-electron chi connectivity index (χ0n) is 9.51. The number of hydrogen-bond acceptors (Lipinski definition) is 2. The molecule has 0 radical (unpaired) electrons. The number of rotatable bonds is 5. The van der Waals surface area contributed by atoms with Crippen LogP contribution in [0.15, 0.2) is 0 Å². The van der Waals surface area contributed by atoms with Crippen LogP contribution in [0, 0.1) is 11.8 Å². The molecule has 0 heterocycles. The summed E-state index contributed by atoms with van der Waals surface area (Å²) in [4.78, 5) is 2.45. The molecule has 3 atom stereocenters. The third-order valence-electron chi connectivity index (χ3n) is 3.91. The summed E-state index contributed by atoms with van der Waals surface area (Å²) in [5.41, 5.74) is 6.02. The third-order valence-corrected chi connectivity index (χ3v) is 3.91. The Morgan fingerprint density at radius 1 is 1.54 bits per heavy atom. The standard InChI is InChI=1S/C11H24N2/c1-5-11(3,8-12)13(4)7-10-6-9(10)2/h9-10H,5-8,12H2,1-4H3. The predicted octanol–water partition coefficient (Wildman–Crippen LogP) is 1.70. The van der Waals surface area contributed by atoms with Crippen LogP contribution in [-0.4, -0.2) is 30.6 Å². The van der Waals surface area contributed by atoms with Gasteiger partial charge in [-0.3, -0.25) is 4.90 Å². The molecule has 1 aliphatic rings. The lowest BCUT2D eigenvalue weighted by molar-refractivity contribution is 0.132. The molecule has 0 aliphatic heterocycles. The van der Waals surface area contributed by atoms with Gasteiger partial charge in [-0.05, 0) is 38.6 Å². The lowest BCUT2D eigenvalue weighted by Gasteiger charge is -2.37. The number of likely N-dealkylation sites (N-methyl/N-ethyl adjacent to an activating group) is 1. The van der Waals surface area contributed by atoms with E-state index in [1.807, 2.05) is 0 Å². The van der Waals surface area contributed by atoms with Gasteiger partial charge in [-0.1, -0.05) is 13.8 Å². The molecule has 0 saturated heterocycles. The largest absolute Gasteiger partial charge is 0.329 e. The van der Waals surface area contributed by atoms with Gasteiger partial charge < -0.3 is 5.73 Å². The summed E-state index contributed by atoms with van der Waals surface area (Å²) in [7, 11) is 2.21. The van der Waals surface area contributed by atoms with Crippen LogP contribution in [-0.2, 0) is 0 Å². The maximum absolute atomic E-state index is 5.81. The van der Waals surface area contributed by atoms with E-state index in [-0.39, 0.29) is 5.54 Å². The molecule has 0 aromatic heterocycles. The monoisotopic (exact) mass is 184 g/mol. The molecule has 13 heavy (non-hydrogen) atoms. The highest BCUT2D eigenvalue weighted by Crippen LogP contribution is 2.39. The molecule has 3 unspecified atom stereocenters. The van der Waals surface area contributed by atoms with Crippen molar-refractivity contribution >= 4 is 0 Å². The first-order valence-electron chi connectivity index (χ1n) is 5.44. The van der Waals surface area contributed by atoms with Crippen molar-refractivity contribution in [3.8, 4) is 0 Å². The zero-order chi connectivity index (χ0) is 10.1. The Hall–Kier alpha value is -0.0800. The van der Waals surface area contributed by atoms with Gasteiger partial charge in [0, 0.05) is 18.6 Å². The van der Waals surface area contributed by atoms with E-state index in [9.17, 15) is 0 Å². The van der Waals surface area contributed by atoms with Gasteiger partial charge in [0.05, 0.1) is 0 Å². The van der Waals surface area contributed by atoms with Gasteiger partial charge in [0.25, 0.3) is 0 Å². The summed E-state index contributed by atoms with van der Waals surface area (Å²) in [5, 5.41) is 0. The Bertz CT molecular complexity index is 163. The molecular weight excluding hydrogens is 160 g/mol. The maximum Gasteiger partial charge on any atom is 0.0298 e. The van der Waals surface area contributed by atoms with Crippen molar-refractivity contribution in [2.24, 2.45) is 17.6 Å². The molecule has 1 fully saturated rings. The minimum atomic E-state index is 0.211. The van der Waals surface area contributed by atoms with Crippen LogP contribution in [0.3, 0.4) is 0 Å². The van der Waals surface area contributed by atoms with Crippen LogP contribution in [0.4, 0.5) is 0 Å². The number of nitrogens with two attached hydrogens (primary N) is 1. The van der Waals surface area contributed by atoms with Gasteiger partial charge in [-0.15, -0.1) is 0 Å². The molecule has 0 aromatic rings. The van der Waals surface area contributed by atoms with Crippen molar-refractivity contribution in [1.29, 1.82) is 0 Å². The lowest BCUT2D eigenvalue weighted by atomic mass is 9.97. The van der Waals surface area contributed by atoms with E-state index in [0.717, 1.165) is 24.8 Å². The Labute approximate surface area is 82.5 Å². The third kappa shape index (κ3) is 2.44. The highest BCUT2D eigenvalue weighted by atomic mass is 15.2. The van der Waals surface area contributed by atoms with E-state index < -0.39 is 0 Å². The SMILES string of the molecule is CCC(C)(CN)N(C)CC1CC1C. The summed E-state index contributed by atoms with van der Waals surface area (Å²) in [6.45, 7) is 8.81. The molecule has 1 saturated carbocycles. The van der Waals surface area contributed by atoms with E-state index in [1.165, 1.54) is 13.0 Å². The maximum atomic E-state index is 5.81. The summed E-state index contributed by atoms with van der Waals surface area (Å²) < 4.78 is 0. The van der Waals surface area contributed by atoms with E-state index >= 15 is 0 Å². The van der Waals surface area contributed by atoms with Gasteiger partial charge in [0.2, 0.25) is 0 Å². The Kier molecular flexibility index (Phi) is 3.36. The number of hydrogen-bond donors (Lipinski definition) is 1. The van der Waals surface area contributed by atoms with Gasteiger partial charge in [-0.25, -0.2) is 0 Å². The molecular formula is C11H24N2. The second kappa shape index (κ2) is 3.97. The average Bonchev–Trinajstić information content (AvgIpc) is 2.80. The number of nitrogens with zero attached hydrogens (tertiary/aromatic N) is 1. The Morgan fingerprint density at radius 3 is 2.38 bits per heavy atom. The van der Waals surface area contributed by atoms with Crippen LogP contribution in [0.25, 0.3) is 0 Å². The molecule has 2 N–H and O–H groups in total. The van der Waals surface area contributed by atoms with Crippen LogP contribution in [0.1, 0.15) is 33.6 Å². The fraction of sp³-hybridized carbons (Fsp3) is 1.00. The quantitative estimate of drug-likeness (QED) is 0.704. The van der Waals surface area contributed by atoms with Crippen LogP contribution < -0.4 is 5.73 Å². The summed E-state index contributed by atoms with van der Waals surface area (Å²) in [5.74, 6) is 1.88. The van der Waals surface area contributed by atoms with Gasteiger partial charge >= 0.3 is 0 Å². The van der Waals surface area contributed by atoms with Crippen LogP contribution in [0.2, 0.25) is 0 Å². The molecule has 0 aromatic carbocycles. The van der Waals surface area contributed by atoms with E-state index in [2.05, 4.69) is 32.7 Å². The molecule has 78 valence electrons. The van der Waals surface area contributed by atoms with E-state index in [4.69, 9.17) is 5.73 Å². The topological polar surface area (TPSA) is 29.3 Å². The fourth-order valence-corrected chi connectivity index (χ4v) is 1.80. The van der Waals surface area contributed by atoms with Gasteiger partial charge in [-0.2, -0.15) is 0 Å². The molecule has 0 bridgehead atoms. The molecule has 1 rings (SSSR count). The highest BCUT2D eigenvalue weighted by molar-refractivity contribution is 4.90. The van der Waals surface area contributed by atoms with Crippen molar-refractivity contribution < 1.29 is 0 Å². The summed E-state index contributed by atoms with van der Waals surface area (Å²) in [6, 6.07) is 0. The minimum Gasteiger partial charge on any atom is -0.329 e. The van der Waals surface area contributed by atoms with Crippen molar-refractivity contribution in [2.75, 3.05) is 20.1 Å². The van der Waals surface area contributed by atoms with Crippen molar-refractivity contribution in [1.82, 2.24) is 4.90 Å². The zero-order valence-corrected chi connectivity index (χ0v) is 9.51. The van der Waals surface area contributed by atoms with Crippen LogP contribution >= 0.6 is 0 Å². The second-order valence-corrected chi connectivity index (χ2v) is 4.91. The normalized spacial score (nSPS) is 31.8. The Morgan fingerprint density at radius 2 is 2.08 bits per heavy atom. The van der Waals surface area contributed by atoms with E-state index in [1.54, 1.807) is 0 Å².